The first-order valence-corrected chi connectivity index (χ1v) is 6.66. The summed E-state index contributed by atoms with van der Waals surface area (Å²) in [6.45, 7) is 2.13. The smallest absolute Gasteiger partial charge is 0.331 e. The molecular formula is C14H24O2. The highest BCUT2D eigenvalue weighted by molar-refractivity contribution is 5.86. The van der Waals surface area contributed by atoms with Gasteiger partial charge in [-0.3, -0.25) is 0 Å². The normalized spacial score (nSPS) is 18.7. The Bertz CT molecular complexity index is 237. The molecule has 0 aromatic heterocycles. The molecular weight excluding hydrogens is 200 g/mol. The minimum absolute atomic E-state index is 0.623. The summed E-state index contributed by atoms with van der Waals surface area (Å²) in [5.41, 5.74) is 0.653. The standard InChI is InChI=1S/C14H24O2/c1-2-3-5-10-13(14(15)16)11-12-8-6-4-7-9-12/h10,12H,2-9,11H2,1H3,(H,15,16). The third-order valence-electron chi connectivity index (χ3n) is 3.46. The van der Waals surface area contributed by atoms with Crippen LogP contribution in [0.25, 0.3) is 0 Å². The first kappa shape index (κ1) is 13.3. The van der Waals surface area contributed by atoms with Gasteiger partial charge >= 0.3 is 5.97 Å². The molecule has 1 saturated carbocycles. The largest absolute Gasteiger partial charge is 0.478 e. The van der Waals surface area contributed by atoms with Crippen molar-refractivity contribution in [2.45, 2.75) is 64.7 Å². The zero-order valence-electron chi connectivity index (χ0n) is 10.4. The molecule has 2 nitrogen and oxygen atoms in total. The number of carboxylic acids is 1. The van der Waals surface area contributed by atoms with Crippen molar-refractivity contribution in [2.75, 3.05) is 0 Å². The van der Waals surface area contributed by atoms with E-state index in [1.54, 1.807) is 0 Å². The highest BCUT2D eigenvalue weighted by atomic mass is 16.4. The fourth-order valence-corrected chi connectivity index (χ4v) is 2.44. The number of rotatable bonds is 6. The van der Waals surface area contributed by atoms with Gasteiger partial charge in [0.15, 0.2) is 0 Å². The van der Waals surface area contributed by atoms with Gasteiger partial charge in [-0.15, -0.1) is 0 Å². The summed E-state index contributed by atoms with van der Waals surface area (Å²) in [4.78, 5) is 11.1. The fourth-order valence-electron chi connectivity index (χ4n) is 2.44. The topological polar surface area (TPSA) is 37.3 Å². The van der Waals surface area contributed by atoms with E-state index in [4.69, 9.17) is 5.11 Å². The summed E-state index contributed by atoms with van der Waals surface area (Å²) in [5.74, 6) is -0.0839. The summed E-state index contributed by atoms with van der Waals surface area (Å²) >= 11 is 0. The highest BCUT2D eigenvalue weighted by Gasteiger charge is 2.17. The Morgan fingerprint density at radius 3 is 2.56 bits per heavy atom. The first-order valence-electron chi connectivity index (χ1n) is 6.66. The third kappa shape index (κ3) is 4.82. The molecule has 0 heterocycles. The summed E-state index contributed by atoms with van der Waals surface area (Å²) in [7, 11) is 0. The number of aliphatic carboxylic acids is 1. The molecule has 92 valence electrons. The molecule has 0 amide bonds. The molecule has 0 bridgehead atoms. The van der Waals surface area contributed by atoms with E-state index < -0.39 is 5.97 Å². The van der Waals surface area contributed by atoms with E-state index in [1.807, 2.05) is 6.08 Å². The maximum Gasteiger partial charge on any atom is 0.331 e. The number of unbranched alkanes of at least 4 members (excludes halogenated alkanes) is 2. The van der Waals surface area contributed by atoms with E-state index >= 15 is 0 Å². The van der Waals surface area contributed by atoms with Gasteiger partial charge in [-0.1, -0.05) is 57.9 Å². The number of carboxylic acid groups (broad SMARTS) is 1. The lowest BCUT2D eigenvalue weighted by Gasteiger charge is -2.21. The van der Waals surface area contributed by atoms with Crippen molar-refractivity contribution in [1.82, 2.24) is 0 Å². The van der Waals surface area contributed by atoms with Crippen LogP contribution in [0.2, 0.25) is 0 Å². The second kappa shape index (κ2) is 7.48. The summed E-state index contributed by atoms with van der Waals surface area (Å²) < 4.78 is 0. The lowest BCUT2D eigenvalue weighted by atomic mass is 9.84. The SMILES string of the molecule is CCCCC=C(CC1CCCCC1)C(=O)O. The van der Waals surface area contributed by atoms with Gasteiger partial charge in [0.1, 0.15) is 0 Å². The Kier molecular flexibility index (Phi) is 6.20. The van der Waals surface area contributed by atoms with Gasteiger partial charge in [-0.2, -0.15) is 0 Å². The predicted molar refractivity (Wildman–Crippen MR) is 66.4 cm³/mol. The molecule has 0 atom stereocenters. The maximum absolute atomic E-state index is 11.1. The third-order valence-corrected chi connectivity index (χ3v) is 3.46. The molecule has 0 unspecified atom stereocenters. The van der Waals surface area contributed by atoms with Gasteiger partial charge < -0.3 is 5.11 Å². The molecule has 0 aromatic rings. The molecule has 0 spiro atoms. The monoisotopic (exact) mass is 224 g/mol. The Hall–Kier alpha value is -0.790. The number of hydrogen-bond donors (Lipinski definition) is 1. The Morgan fingerprint density at radius 2 is 2.00 bits per heavy atom. The van der Waals surface area contributed by atoms with E-state index in [0.29, 0.717) is 11.5 Å². The van der Waals surface area contributed by atoms with E-state index in [1.165, 1.54) is 32.1 Å². The number of hydrogen-bond acceptors (Lipinski definition) is 1. The van der Waals surface area contributed by atoms with Crippen LogP contribution in [0.4, 0.5) is 0 Å². The van der Waals surface area contributed by atoms with Crippen molar-refractivity contribution < 1.29 is 9.90 Å². The molecule has 16 heavy (non-hydrogen) atoms. The van der Waals surface area contributed by atoms with E-state index in [0.717, 1.165) is 25.7 Å². The number of carbonyl (C=O) groups is 1. The molecule has 0 aliphatic heterocycles. The predicted octanol–water partition coefficient (Wildman–Crippen LogP) is 4.16. The van der Waals surface area contributed by atoms with Crippen molar-refractivity contribution in [3.05, 3.63) is 11.6 Å². The average molecular weight is 224 g/mol. The molecule has 2 heteroatoms. The van der Waals surface area contributed by atoms with Crippen LogP contribution in [0, 0.1) is 5.92 Å². The minimum atomic E-state index is -0.707. The fraction of sp³-hybridized carbons (Fsp3) is 0.786. The van der Waals surface area contributed by atoms with Gasteiger partial charge in [0.05, 0.1) is 0 Å². The highest BCUT2D eigenvalue weighted by Crippen LogP contribution is 2.29. The van der Waals surface area contributed by atoms with Crippen molar-refractivity contribution >= 4 is 5.97 Å². The van der Waals surface area contributed by atoms with Crippen LogP contribution in [0.15, 0.2) is 11.6 Å². The first-order chi connectivity index (χ1) is 7.74. The minimum Gasteiger partial charge on any atom is -0.478 e. The van der Waals surface area contributed by atoms with Gasteiger partial charge in [-0.05, 0) is 18.8 Å². The second-order valence-electron chi connectivity index (χ2n) is 4.88. The second-order valence-corrected chi connectivity index (χ2v) is 4.88. The van der Waals surface area contributed by atoms with Gasteiger partial charge in [0, 0.05) is 5.57 Å². The lowest BCUT2D eigenvalue weighted by molar-refractivity contribution is -0.133. The van der Waals surface area contributed by atoms with Crippen molar-refractivity contribution in [3.63, 3.8) is 0 Å². The Balaban J connectivity index is 2.43. The molecule has 0 radical (unpaired) electrons. The van der Waals surface area contributed by atoms with Crippen LogP contribution in [0.3, 0.4) is 0 Å². The molecule has 1 aliphatic rings. The maximum atomic E-state index is 11.1. The van der Waals surface area contributed by atoms with Gasteiger partial charge in [0.25, 0.3) is 0 Å². The summed E-state index contributed by atoms with van der Waals surface area (Å²) in [6, 6.07) is 0. The quantitative estimate of drug-likeness (QED) is 0.543. The van der Waals surface area contributed by atoms with Crippen LogP contribution in [0.1, 0.15) is 64.7 Å². The van der Waals surface area contributed by atoms with Crippen LogP contribution in [-0.4, -0.2) is 11.1 Å². The summed E-state index contributed by atoms with van der Waals surface area (Å²) in [5, 5.41) is 9.13. The zero-order valence-corrected chi connectivity index (χ0v) is 10.4. The van der Waals surface area contributed by atoms with Crippen LogP contribution in [-0.2, 0) is 4.79 Å². The molecule has 0 saturated heterocycles. The van der Waals surface area contributed by atoms with E-state index in [9.17, 15) is 4.79 Å². The molecule has 1 aliphatic carbocycles. The molecule has 1 N–H and O–H groups in total. The summed E-state index contributed by atoms with van der Waals surface area (Å²) in [6.07, 6.45) is 12.2. The molecule has 1 rings (SSSR count). The van der Waals surface area contributed by atoms with Crippen LogP contribution in [0.5, 0.6) is 0 Å². The van der Waals surface area contributed by atoms with E-state index in [-0.39, 0.29) is 0 Å². The average Bonchev–Trinajstić information content (AvgIpc) is 2.29. The Morgan fingerprint density at radius 1 is 1.31 bits per heavy atom. The van der Waals surface area contributed by atoms with Crippen molar-refractivity contribution in [2.24, 2.45) is 5.92 Å². The van der Waals surface area contributed by atoms with Crippen LogP contribution >= 0.6 is 0 Å². The number of allylic oxidation sites excluding steroid dienone is 1. The lowest BCUT2D eigenvalue weighted by Crippen LogP contribution is -2.11. The zero-order chi connectivity index (χ0) is 11.8. The Labute approximate surface area is 98.7 Å². The van der Waals surface area contributed by atoms with E-state index in [2.05, 4.69) is 6.92 Å². The molecule has 0 aromatic carbocycles. The van der Waals surface area contributed by atoms with Crippen molar-refractivity contribution in [3.8, 4) is 0 Å². The van der Waals surface area contributed by atoms with Crippen LogP contribution < -0.4 is 0 Å². The van der Waals surface area contributed by atoms with Gasteiger partial charge in [0.2, 0.25) is 0 Å². The van der Waals surface area contributed by atoms with Crippen molar-refractivity contribution in [1.29, 1.82) is 0 Å². The molecule has 1 fully saturated rings. The van der Waals surface area contributed by atoms with Gasteiger partial charge in [-0.25, -0.2) is 4.79 Å².